The fourth-order valence-corrected chi connectivity index (χ4v) is 7.17. The maximum atomic E-state index is 13.1. The number of sulfone groups is 1. The number of thioether (sulfide) groups is 1. The van der Waals surface area contributed by atoms with Crippen molar-refractivity contribution < 1.29 is 22.7 Å². The highest BCUT2D eigenvalue weighted by Gasteiger charge is 2.32. The molecule has 1 aliphatic carbocycles. The van der Waals surface area contributed by atoms with Crippen molar-refractivity contribution in [2.45, 2.75) is 9.48 Å². The van der Waals surface area contributed by atoms with Gasteiger partial charge in [-0.15, -0.1) is 11.8 Å². The van der Waals surface area contributed by atoms with E-state index >= 15 is 0 Å². The Kier molecular flexibility index (Phi) is 5.36. The molecule has 0 radical (unpaired) electrons. The summed E-state index contributed by atoms with van der Waals surface area (Å²) in [6.07, 6.45) is 0. The lowest BCUT2D eigenvalue weighted by Gasteiger charge is -2.22. The van der Waals surface area contributed by atoms with Crippen LogP contribution in [0, 0.1) is 0 Å². The Morgan fingerprint density at radius 1 is 0.844 bits per heavy atom. The summed E-state index contributed by atoms with van der Waals surface area (Å²) < 4.78 is 31.1. The van der Waals surface area contributed by atoms with Crippen LogP contribution in [-0.2, 0) is 9.84 Å². The molecule has 1 heterocycles. The molecule has 1 unspecified atom stereocenters. The minimum atomic E-state index is -3.47. The highest BCUT2D eigenvalue weighted by Crippen LogP contribution is 2.36. The van der Waals surface area contributed by atoms with Crippen molar-refractivity contribution in [1.82, 2.24) is 5.32 Å². The number of fused-ring (bicyclic) bond motifs is 2. The molecule has 32 heavy (non-hydrogen) atoms. The molecule has 1 saturated heterocycles. The normalized spacial score (nSPS) is 18.1. The highest BCUT2D eigenvalue weighted by atomic mass is 32.3. The Balaban J connectivity index is 1.45. The third-order valence-corrected chi connectivity index (χ3v) is 9.47. The summed E-state index contributed by atoms with van der Waals surface area (Å²) in [6, 6.07) is 17.8. The number of nitrogens with one attached hydrogen (secondary N) is 1. The molecule has 8 heteroatoms. The number of ether oxygens (including phenoxy) is 1. The Morgan fingerprint density at radius 2 is 1.53 bits per heavy atom. The average molecular weight is 466 g/mol. The van der Waals surface area contributed by atoms with Gasteiger partial charge in [0.25, 0.3) is 0 Å². The molecule has 1 fully saturated rings. The second kappa shape index (κ2) is 8.20. The largest absolute Gasteiger partial charge is 0.457 e. The topological polar surface area (TPSA) is 89.5 Å². The van der Waals surface area contributed by atoms with E-state index < -0.39 is 14.4 Å². The van der Waals surface area contributed by atoms with Gasteiger partial charge in [0.15, 0.2) is 21.4 Å². The van der Waals surface area contributed by atoms with Crippen LogP contribution in [0.3, 0.4) is 0 Å². The lowest BCUT2D eigenvalue weighted by molar-refractivity contribution is 0.0977. The quantitative estimate of drug-likeness (QED) is 0.492. The molecular formula is C24H19NO5S2. The van der Waals surface area contributed by atoms with Gasteiger partial charge in [0.1, 0.15) is 16.1 Å². The van der Waals surface area contributed by atoms with Crippen LogP contribution >= 0.6 is 11.8 Å². The first-order valence-electron chi connectivity index (χ1n) is 10.1. The molecule has 0 amide bonds. The smallest absolute Gasteiger partial charge is 0.198 e. The molecule has 0 spiro atoms. The van der Waals surface area contributed by atoms with Crippen LogP contribution in [0.15, 0.2) is 71.6 Å². The van der Waals surface area contributed by atoms with Crippen molar-refractivity contribution in [3.63, 3.8) is 0 Å². The summed E-state index contributed by atoms with van der Waals surface area (Å²) in [6.45, 7) is 1.22. The molecule has 0 bridgehead atoms. The molecule has 3 aromatic carbocycles. The fraction of sp³-hybridized carbons (Fsp3) is 0.167. The monoisotopic (exact) mass is 465 g/mol. The van der Waals surface area contributed by atoms with E-state index in [0.29, 0.717) is 29.0 Å². The van der Waals surface area contributed by atoms with E-state index in [1.165, 1.54) is 23.9 Å². The van der Waals surface area contributed by atoms with Crippen molar-refractivity contribution >= 4 is 33.2 Å². The van der Waals surface area contributed by atoms with E-state index in [1.807, 2.05) is 0 Å². The van der Waals surface area contributed by atoms with Gasteiger partial charge in [-0.1, -0.05) is 36.4 Å². The molecule has 162 valence electrons. The maximum absolute atomic E-state index is 13.1. The summed E-state index contributed by atoms with van der Waals surface area (Å²) in [4.78, 5) is 26.2. The third-order valence-electron chi connectivity index (χ3n) is 5.53. The maximum Gasteiger partial charge on any atom is 0.198 e. The summed E-state index contributed by atoms with van der Waals surface area (Å²) in [7, 11) is -3.47. The molecule has 0 aromatic heterocycles. The SMILES string of the molecule is O=C1c2ccccc2C(=O)c2c(Oc3ccc(S(=O)(=O)C4CNCCS4)cc3)cccc21. The van der Waals surface area contributed by atoms with E-state index in [1.54, 1.807) is 54.6 Å². The minimum Gasteiger partial charge on any atom is -0.457 e. The number of hydrogen-bond acceptors (Lipinski definition) is 7. The van der Waals surface area contributed by atoms with Crippen LogP contribution in [0.2, 0.25) is 0 Å². The molecular weight excluding hydrogens is 446 g/mol. The van der Waals surface area contributed by atoms with Gasteiger partial charge in [-0.25, -0.2) is 8.42 Å². The molecule has 5 rings (SSSR count). The molecule has 2 aliphatic rings. The minimum absolute atomic E-state index is 0.220. The first-order valence-corrected chi connectivity index (χ1v) is 12.7. The second-order valence-corrected chi connectivity index (χ2v) is 11.2. The van der Waals surface area contributed by atoms with Crippen molar-refractivity contribution in [2.75, 3.05) is 18.8 Å². The van der Waals surface area contributed by atoms with E-state index in [-0.39, 0.29) is 27.8 Å². The van der Waals surface area contributed by atoms with Crippen LogP contribution in [0.25, 0.3) is 0 Å². The standard InChI is InChI=1S/C24H19NO5S2/c26-23-17-4-1-2-5-18(17)24(27)22-19(23)6-3-7-20(22)30-15-8-10-16(11-9-15)32(28,29)21-14-25-12-13-31-21/h1-11,21,25H,12-14H2. The lowest BCUT2D eigenvalue weighted by atomic mass is 9.83. The zero-order valence-corrected chi connectivity index (χ0v) is 18.5. The van der Waals surface area contributed by atoms with Crippen LogP contribution in [0.5, 0.6) is 11.5 Å². The van der Waals surface area contributed by atoms with Gasteiger partial charge in [0.2, 0.25) is 0 Å². The Bertz CT molecular complexity index is 1330. The number of carbonyl (C=O) groups excluding carboxylic acids is 2. The molecule has 0 saturated carbocycles. The Hall–Kier alpha value is -2.94. The number of rotatable bonds is 4. The number of ketones is 2. The summed E-state index contributed by atoms with van der Waals surface area (Å²) in [5.41, 5.74) is 1.25. The summed E-state index contributed by atoms with van der Waals surface area (Å²) in [5.74, 6) is 0.900. The first-order chi connectivity index (χ1) is 15.5. The van der Waals surface area contributed by atoms with E-state index in [9.17, 15) is 18.0 Å². The van der Waals surface area contributed by atoms with Crippen molar-refractivity contribution in [3.8, 4) is 11.5 Å². The Morgan fingerprint density at radius 3 is 2.22 bits per heavy atom. The zero-order chi connectivity index (χ0) is 22.3. The van der Waals surface area contributed by atoms with Crippen LogP contribution in [0.1, 0.15) is 31.8 Å². The van der Waals surface area contributed by atoms with E-state index in [4.69, 9.17) is 4.74 Å². The molecule has 1 N–H and O–H groups in total. The number of hydrogen-bond donors (Lipinski definition) is 1. The van der Waals surface area contributed by atoms with Gasteiger partial charge in [-0.3, -0.25) is 9.59 Å². The van der Waals surface area contributed by atoms with Gasteiger partial charge in [0.05, 0.1) is 10.5 Å². The van der Waals surface area contributed by atoms with E-state index in [2.05, 4.69) is 5.32 Å². The summed E-state index contributed by atoms with van der Waals surface area (Å²) in [5, 5.41) is 3.11. The van der Waals surface area contributed by atoms with Gasteiger partial charge < -0.3 is 10.1 Å². The molecule has 1 atom stereocenters. The average Bonchev–Trinajstić information content (AvgIpc) is 2.83. The van der Waals surface area contributed by atoms with Gasteiger partial charge in [0, 0.05) is 35.5 Å². The fourth-order valence-electron chi connectivity index (χ4n) is 3.92. The van der Waals surface area contributed by atoms with Gasteiger partial charge in [-0.2, -0.15) is 0 Å². The number of benzene rings is 3. The summed E-state index contributed by atoms with van der Waals surface area (Å²) >= 11 is 1.43. The van der Waals surface area contributed by atoms with Crippen molar-refractivity contribution in [3.05, 3.63) is 89.0 Å². The van der Waals surface area contributed by atoms with Crippen LogP contribution in [0.4, 0.5) is 0 Å². The highest BCUT2D eigenvalue weighted by molar-refractivity contribution is 8.13. The first kappa shape index (κ1) is 20.9. The van der Waals surface area contributed by atoms with Crippen molar-refractivity contribution in [2.24, 2.45) is 0 Å². The lowest BCUT2D eigenvalue weighted by Crippen LogP contribution is -2.37. The number of carbonyl (C=O) groups is 2. The third kappa shape index (κ3) is 3.54. The Labute approximate surface area is 189 Å². The molecule has 6 nitrogen and oxygen atoms in total. The molecule has 3 aromatic rings. The molecule has 1 aliphatic heterocycles. The van der Waals surface area contributed by atoms with Crippen LogP contribution < -0.4 is 10.1 Å². The zero-order valence-electron chi connectivity index (χ0n) is 16.9. The van der Waals surface area contributed by atoms with E-state index in [0.717, 1.165) is 12.3 Å². The van der Waals surface area contributed by atoms with Gasteiger partial charge >= 0.3 is 0 Å². The predicted molar refractivity (Wildman–Crippen MR) is 123 cm³/mol. The second-order valence-electron chi connectivity index (χ2n) is 7.51. The van der Waals surface area contributed by atoms with Crippen LogP contribution in [-0.4, -0.2) is 43.4 Å². The van der Waals surface area contributed by atoms with Crippen molar-refractivity contribution in [1.29, 1.82) is 0 Å². The predicted octanol–water partition coefficient (Wildman–Crippen LogP) is 3.69. The van der Waals surface area contributed by atoms with Gasteiger partial charge in [-0.05, 0) is 30.3 Å².